The third kappa shape index (κ3) is 12.9. The number of para-hydroxylation sites is 2. The van der Waals surface area contributed by atoms with Crippen molar-refractivity contribution in [1.82, 2.24) is 4.57 Å². The minimum Gasteiger partial charge on any atom is -0.506 e. The zero-order valence-electron chi connectivity index (χ0n) is 46.8. The molecule has 0 atom stereocenters. The van der Waals surface area contributed by atoms with Crippen LogP contribution in [0.25, 0.3) is 66.9 Å². The van der Waals surface area contributed by atoms with Crippen LogP contribution in [0.3, 0.4) is 0 Å². The summed E-state index contributed by atoms with van der Waals surface area (Å²) in [6.07, 6.45) is 32.5. The Bertz CT molecular complexity index is 3150. The average molecular weight is 1050 g/mol. The smallest absolute Gasteiger partial charge is 0.212 e. The van der Waals surface area contributed by atoms with Crippen molar-refractivity contribution in [2.24, 2.45) is 0 Å². The van der Waals surface area contributed by atoms with Gasteiger partial charge in [0.1, 0.15) is 24.6 Å². The molecule has 0 aliphatic heterocycles. The van der Waals surface area contributed by atoms with Gasteiger partial charge in [0, 0.05) is 95.0 Å². The Kier molecular flexibility index (Phi) is 20.0. The Morgan fingerprint density at radius 2 is 0.821 bits per heavy atom. The minimum absolute atomic E-state index is 0.00278. The number of carbonyl (C=O) groups is 2. The van der Waals surface area contributed by atoms with Crippen LogP contribution >= 0.6 is 0 Å². The van der Waals surface area contributed by atoms with Gasteiger partial charge < -0.3 is 19.9 Å². The number of nitrogens with zero attached hydrogens (tertiary/aromatic N) is 3. The molecular weight excluding hydrogens is 963 g/mol. The van der Waals surface area contributed by atoms with Gasteiger partial charge in [-0.3, -0.25) is 9.59 Å². The van der Waals surface area contributed by atoms with Gasteiger partial charge in [0.2, 0.25) is 34.0 Å². The van der Waals surface area contributed by atoms with E-state index in [0.29, 0.717) is 33.4 Å². The molecule has 0 radical (unpaired) electrons. The topological polar surface area (TPSA) is 108 Å². The summed E-state index contributed by atoms with van der Waals surface area (Å²) in [7, 11) is 0. The Morgan fingerprint density at radius 1 is 0.436 bits per heavy atom. The predicted molar refractivity (Wildman–Crippen MR) is 322 cm³/mol. The number of carbonyl (C=O) groups excluding carboxylic acids is 2. The van der Waals surface area contributed by atoms with Crippen molar-refractivity contribution in [2.75, 3.05) is 6.61 Å². The van der Waals surface area contributed by atoms with Crippen LogP contribution in [-0.2, 0) is 29.2 Å². The van der Waals surface area contributed by atoms with Crippen LogP contribution in [0.4, 0.5) is 0 Å². The van der Waals surface area contributed by atoms with Crippen molar-refractivity contribution < 1.29 is 34.0 Å². The molecule has 4 aromatic carbocycles. The molecule has 408 valence electrons. The normalized spacial score (nSPS) is 14.9. The van der Waals surface area contributed by atoms with Crippen molar-refractivity contribution in [2.45, 2.75) is 188 Å². The fourth-order valence-electron chi connectivity index (χ4n) is 12.2. The van der Waals surface area contributed by atoms with Gasteiger partial charge in [-0.15, -0.1) is 0 Å². The van der Waals surface area contributed by atoms with E-state index in [1.807, 2.05) is 48.6 Å². The molecule has 2 aliphatic carbocycles. The lowest BCUT2D eigenvalue weighted by molar-refractivity contribution is -0.673. The maximum absolute atomic E-state index is 14.3. The molecule has 0 spiro atoms. The summed E-state index contributed by atoms with van der Waals surface area (Å²) in [5.41, 5.74) is 8.49. The van der Waals surface area contributed by atoms with E-state index >= 15 is 0 Å². The van der Waals surface area contributed by atoms with Crippen molar-refractivity contribution in [3.8, 4) is 0 Å². The first-order chi connectivity index (χ1) is 38.3. The number of benzene rings is 4. The van der Waals surface area contributed by atoms with E-state index in [4.69, 9.17) is 0 Å². The maximum Gasteiger partial charge on any atom is 0.212 e. The summed E-state index contributed by atoms with van der Waals surface area (Å²) in [6.45, 7) is 7.11. The Balaban J connectivity index is 0.975. The molecule has 0 saturated carbocycles. The van der Waals surface area contributed by atoms with E-state index < -0.39 is 0 Å². The summed E-state index contributed by atoms with van der Waals surface area (Å²) in [5.74, 6) is -0.386. The molecule has 3 heterocycles. The van der Waals surface area contributed by atoms with Gasteiger partial charge >= 0.3 is 0 Å². The van der Waals surface area contributed by atoms with Crippen LogP contribution in [0.2, 0.25) is 0 Å². The molecule has 0 unspecified atom stereocenters. The molecule has 9 rings (SSSR count). The number of aromatic nitrogens is 3. The van der Waals surface area contributed by atoms with Crippen LogP contribution in [0.5, 0.6) is 0 Å². The number of pyridine rings is 2. The molecule has 0 fully saturated rings. The highest BCUT2D eigenvalue weighted by Gasteiger charge is 2.38. The number of allylic oxidation sites excluding steroid dienone is 4. The number of rotatable bonds is 32. The second kappa shape index (κ2) is 27.8. The number of aryl methyl sites for hydroxylation is 3. The highest BCUT2D eigenvalue weighted by molar-refractivity contribution is 6.41. The molecule has 78 heavy (non-hydrogen) atoms. The first kappa shape index (κ1) is 56.1. The Hall–Kier alpha value is -6.64. The monoisotopic (exact) mass is 1050 g/mol. The standard InChI is InChI=1S/C70H83N3O5/c1-3-5-7-9-11-13-15-17-19-27-43-71-55(39-35-51-31-23-25-33-61(51)71)49-59-67(75)65(68(59)76)53-37-41-63-57(47-53)58-48-54(38-42-64(58)73(63)45-29-21-22-30-46-74)66-69(77)60(70(66)78)50-56-40-36-52-32-24-26-34-62(52)72(56)44-28-20-18-16-14-12-10-8-6-4-2/h23-26,31-42,47-50,74H,3-22,27-30,43-46H2,1-2H3/p+2. The van der Waals surface area contributed by atoms with E-state index in [2.05, 4.69) is 100 Å². The predicted octanol–water partition coefficient (Wildman–Crippen LogP) is 16.9. The number of ketones is 2. The van der Waals surface area contributed by atoms with Gasteiger partial charge in [-0.05, 0) is 85.3 Å². The van der Waals surface area contributed by atoms with Crippen LogP contribution in [0, 0.1) is 0 Å². The third-order valence-electron chi connectivity index (χ3n) is 16.7. The molecule has 3 aromatic heterocycles. The van der Waals surface area contributed by atoms with E-state index in [0.717, 1.165) is 126 Å². The van der Waals surface area contributed by atoms with Gasteiger partial charge in [0.05, 0.1) is 22.3 Å². The lowest BCUT2D eigenvalue weighted by Crippen LogP contribution is -2.38. The molecule has 8 nitrogen and oxygen atoms in total. The summed E-state index contributed by atoms with van der Waals surface area (Å²) >= 11 is 0. The van der Waals surface area contributed by atoms with Gasteiger partial charge in [-0.1, -0.05) is 166 Å². The number of aliphatic hydroxyl groups is 3. The van der Waals surface area contributed by atoms with Crippen LogP contribution in [0.15, 0.2) is 132 Å². The van der Waals surface area contributed by atoms with Crippen molar-refractivity contribution >= 4 is 78.5 Å². The molecule has 7 aromatic rings. The number of fused-ring (bicyclic) bond motifs is 5. The number of Topliss-reactive ketones (excluding diaryl/α,β-unsaturated/α-hetero) is 2. The van der Waals surface area contributed by atoms with Gasteiger partial charge in [-0.2, -0.15) is 9.13 Å². The molecular formula is C70H85N3O5+2. The number of hydrogen-bond acceptors (Lipinski definition) is 5. The van der Waals surface area contributed by atoms with Crippen LogP contribution in [-0.4, -0.2) is 38.1 Å². The third-order valence-corrected chi connectivity index (χ3v) is 16.7. The molecule has 0 saturated heterocycles. The summed E-state index contributed by atoms with van der Waals surface area (Å²) < 4.78 is 6.89. The fourth-order valence-corrected chi connectivity index (χ4v) is 12.2. The van der Waals surface area contributed by atoms with Crippen molar-refractivity contribution in [3.63, 3.8) is 0 Å². The lowest BCUT2D eigenvalue weighted by Gasteiger charge is -2.21. The first-order valence-electron chi connectivity index (χ1n) is 30.2. The Morgan fingerprint density at radius 3 is 1.23 bits per heavy atom. The highest BCUT2D eigenvalue weighted by Crippen LogP contribution is 2.42. The van der Waals surface area contributed by atoms with E-state index in [1.54, 1.807) is 0 Å². The number of unbranched alkanes of at least 4 members (excludes halogenated alkanes) is 21. The fraction of sp³-hybridized carbons (Fsp3) is 0.429. The highest BCUT2D eigenvalue weighted by atomic mass is 16.3. The lowest BCUT2D eigenvalue weighted by atomic mass is 9.82. The first-order valence-corrected chi connectivity index (χ1v) is 30.2. The molecule has 2 aliphatic rings. The molecule has 3 N–H and O–H groups in total. The second-order valence-electron chi connectivity index (χ2n) is 22.3. The summed E-state index contributed by atoms with van der Waals surface area (Å²) in [4.78, 5) is 28.6. The zero-order chi connectivity index (χ0) is 54.2. The number of aliphatic hydroxyl groups excluding tert-OH is 3. The SMILES string of the molecule is CCCCCCCCCCCC[n+]1c(/C=C2\C(=O)C(c3ccc4c(c3)c3cc(C5=C(O)/C(=C\c6ccc7ccccc7[n+]6CCCCCCCCCCCC)C5=O)ccc3n4CCCCCCO)=C2O)ccc2ccccc21. The van der Waals surface area contributed by atoms with Gasteiger partial charge in [0.15, 0.2) is 0 Å². The second-order valence-corrected chi connectivity index (χ2v) is 22.3. The largest absolute Gasteiger partial charge is 0.506 e. The van der Waals surface area contributed by atoms with E-state index in [1.165, 1.54) is 103 Å². The Labute approximate surface area is 463 Å². The van der Waals surface area contributed by atoms with Gasteiger partial charge in [0.25, 0.3) is 0 Å². The van der Waals surface area contributed by atoms with Crippen molar-refractivity contribution in [3.05, 3.63) is 154 Å². The van der Waals surface area contributed by atoms with E-state index in [-0.39, 0.29) is 29.7 Å². The van der Waals surface area contributed by atoms with Crippen LogP contribution in [0.1, 0.15) is 190 Å². The quantitative estimate of drug-likeness (QED) is 0.0221. The molecule has 0 bridgehead atoms. The zero-order valence-corrected chi connectivity index (χ0v) is 46.8. The summed E-state index contributed by atoms with van der Waals surface area (Å²) in [5, 5.41) is 37.1. The summed E-state index contributed by atoms with van der Waals surface area (Å²) in [6, 6.07) is 37.0. The minimum atomic E-state index is -0.190. The van der Waals surface area contributed by atoms with Gasteiger partial charge in [-0.25, -0.2) is 0 Å². The van der Waals surface area contributed by atoms with E-state index in [9.17, 15) is 24.9 Å². The molecule has 8 heteroatoms. The average Bonchev–Trinajstić information content (AvgIpc) is 3.99. The van der Waals surface area contributed by atoms with Crippen molar-refractivity contribution in [1.29, 1.82) is 0 Å². The van der Waals surface area contributed by atoms with Crippen LogP contribution < -0.4 is 9.13 Å². The number of hydrogen-bond donors (Lipinski definition) is 3. The molecule has 0 amide bonds. The maximum atomic E-state index is 14.3.